The highest BCUT2D eigenvalue weighted by molar-refractivity contribution is 7.86. The maximum atomic E-state index is 12.1. The highest BCUT2D eigenvalue weighted by atomic mass is 32.2. The van der Waals surface area contributed by atoms with Crippen molar-refractivity contribution in [2.24, 2.45) is 0 Å². The van der Waals surface area contributed by atoms with Crippen LogP contribution < -0.4 is 0 Å². The van der Waals surface area contributed by atoms with Crippen LogP contribution in [-0.4, -0.2) is 54.9 Å². The standard InChI is InChI=1S/C10H22N2O3S/c1-3-4-7-11(2)16(14,15)12-8-5-10(13)6-9-12/h10,13H,3-9H2,1-2H3. The molecule has 0 unspecified atom stereocenters. The van der Waals surface area contributed by atoms with Crippen molar-refractivity contribution in [3.8, 4) is 0 Å². The molecule has 0 saturated carbocycles. The summed E-state index contributed by atoms with van der Waals surface area (Å²) < 4.78 is 27.0. The van der Waals surface area contributed by atoms with Gasteiger partial charge in [0.1, 0.15) is 0 Å². The lowest BCUT2D eigenvalue weighted by Gasteiger charge is -2.32. The van der Waals surface area contributed by atoms with Crippen molar-refractivity contribution in [1.29, 1.82) is 0 Å². The summed E-state index contributed by atoms with van der Waals surface area (Å²) in [4.78, 5) is 0. The molecule has 1 rings (SSSR count). The van der Waals surface area contributed by atoms with Crippen LogP contribution in [0.2, 0.25) is 0 Å². The molecule has 0 amide bonds. The molecule has 5 nitrogen and oxygen atoms in total. The molecule has 1 aliphatic rings. The summed E-state index contributed by atoms with van der Waals surface area (Å²) in [5, 5.41) is 9.34. The largest absolute Gasteiger partial charge is 0.393 e. The minimum atomic E-state index is -3.30. The maximum Gasteiger partial charge on any atom is 0.281 e. The molecule has 0 aromatic rings. The second-order valence-electron chi connectivity index (χ2n) is 4.31. The van der Waals surface area contributed by atoms with E-state index in [2.05, 4.69) is 0 Å². The molecule has 1 fully saturated rings. The Balaban J connectivity index is 2.56. The predicted octanol–water partition coefficient (Wildman–Crippen LogP) is 0.420. The lowest BCUT2D eigenvalue weighted by atomic mass is 10.1. The summed E-state index contributed by atoms with van der Waals surface area (Å²) in [6.07, 6.45) is 2.61. The van der Waals surface area contributed by atoms with E-state index in [9.17, 15) is 13.5 Å². The van der Waals surface area contributed by atoms with Crippen LogP contribution in [0.3, 0.4) is 0 Å². The molecule has 0 spiro atoms. The molecule has 0 aromatic carbocycles. The second-order valence-corrected chi connectivity index (χ2v) is 6.35. The van der Waals surface area contributed by atoms with Gasteiger partial charge in [-0.15, -0.1) is 0 Å². The third kappa shape index (κ3) is 3.41. The van der Waals surface area contributed by atoms with Crippen molar-refractivity contribution in [1.82, 2.24) is 8.61 Å². The molecule has 6 heteroatoms. The van der Waals surface area contributed by atoms with Crippen molar-refractivity contribution in [2.75, 3.05) is 26.7 Å². The summed E-state index contributed by atoms with van der Waals surface area (Å²) in [6, 6.07) is 0. The molecule has 0 radical (unpaired) electrons. The van der Waals surface area contributed by atoms with Gasteiger partial charge in [0.15, 0.2) is 0 Å². The van der Waals surface area contributed by atoms with E-state index in [1.807, 2.05) is 6.92 Å². The zero-order valence-electron chi connectivity index (χ0n) is 10.1. The fourth-order valence-electron chi connectivity index (χ4n) is 1.77. The van der Waals surface area contributed by atoms with Gasteiger partial charge >= 0.3 is 0 Å². The van der Waals surface area contributed by atoms with Gasteiger partial charge in [-0.3, -0.25) is 0 Å². The monoisotopic (exact) mass is 250 g/mol. The summed E-state index contributed by atoms with van der Waals surface area (Å²) >= 11 is 0. The van der Waals surface area contributed by atoms with E-state index in [4.69, 9.17) is 0 Å². The molecule has 1 N–H and O–H groups in total. The van der Waals surface area contributed by atoms with Gasteiger partial charge in [-0.25, -0.2) is 0 Å². The van der Waals surface area contributed by atoms with Crippen LogP contribution in [0.15, 0.2) is 0 Å². The van der Waals surface area contributed by atoms with Crippen molar-refractivity contribution >= 4 is 10.2 Å². The van der Waals surface area contributed by atoms with Gasteiger partial charge in [0, 0.05) is 26.7 Å². The first-order valence-electron chi connectivity index (χ1n) is 5.88. The van der Waals surface area contributed by atoms with Gasteiger partial charge in [-0.1, -0.05) is 13.3 Å². The minimum Gasteiger partial charge on any atom is -0.393 e. The predicted molar refractivity (Wildman–Crippen MR) is 63.3 cm³/mol. The summed E-state index contributed by atoms with van der Waals surface area (Å²) in [6.45, 7) is 3.47. The van der Waals surface area contributed by atoms with E-state index in [1.165, 1.54) is 8.61 Å². The van der Waals surface area contributed by atoms with Crippen LogP contribution >= 0.6 is 0 Å². The topological polar surface area (TPSA) is 60.9 Å². The van der Waals surface area contributed by atoms with E-state index in [0.29, 0.717) is 32.5 Å². The molecular formula is C10H22N2O3S. The third-order valence-electron chi connectivity index (χ3n) is 2.97. The van der Waals surface area contributed by atoms with Gasteiger partial charge in [0.2, 0.25) is 0 Å². The minimum absolute atomic E-state index is 0.340. The van der Waals surface area contributed by atoms with Crippen LogP contribution in [0.4, 0.5) is 0 Å². The first-order valence-corrected chi connectivity index (χ1v) is 7.27. The fourth-order valence-corrected chi connectivity index (χ4v) is 3.19. The Morgan fingerprint density at radius 2 is 1.94 bits per heavy atom. The zero-order valence-corrected chi connectivity index (χ0v) is 10.9. The van der Waals surface area contributed by atoms with Gasteiger partial charge in [-0.05, 0) is 19.3 Å². The Morgan fingerprint density at radius 1 is 1.38 bits per heavy atom. The maximum absolute atomic E-state index is 12.1. The first kappa shape index (κ1) is 13.9. The third-order valence-corrected chi connectivity index (χ3v) is 4.96. The van der Waals surface area contributed by atoms with Crippen LogP contribution in [0.5, 0.6) is 0 Å². The van der Waals surface area contributed by atoms with Crippen LogP contribution in [0.1, 0.15) is 32.6 Å². The van der Waals surface area contributed by atoms with E-state index in [-0.39, 0.29) is 6.10 Å². The second kappa shape index (κ2) is 5.95. The quantitative estimate of drug-likeness (QED) is 0.769. The van der Waals surface area contributed by atoms with E-state index < -0.39 is 10.2 Å². The SMILES string of the molecule is CCCCN(C)S(=O)(=O)N1CCC(O)CC1. The lowest BCUT2D eigenvalue weighted by molar-refractivity contribution is 0.111. The number of unbranched alkanes of at least 4 members (excludes halogenated alkanes) is 1. The fraction of sp³-hybridized carbons (Fsp3) is 1.00. The Kier molecular flexibility index (Phi) is 5.17. The highest BCUT2D eigenvalue weighted by Gasteiger charge is 2.29. The molecule has 1 aliphatic heterocycles. The molecule has 1 saturated heterocycles. The molecule has 0 aromatic heterocycles. The van der Waals surface area contributed by atoms with E-state index >= 15 is 0 Å². The number of hydrogen-bond donors (Lipinski definition) is 1. The molecule has 16 heavy (non-hydrogen) atoms. The molecular weight excluding hydrogens is 228 g/mol. The molecule has 0 aliphatic carbocycles. The Labute approximate surface area is 98.2 Å². The van der Waals surface area contributed by atoms with E-state index in [1.54, 1.807) is 7.05 Å². The number of aliphatic hydroxyl groups is 1. The van der Waals surface area contributed by atoms with E-state index in [0.717, 1.165) is 12.8 Å². The van der Waals surface area contributed by atoms with Gasteiger partial charge in [0.25, 0.3) is 10.2 Å². The number of nitrogens with zero attached hydrogens (tertiary/aromatic N) is 2. The summed E-state index contributed by atoms with van der Waals surface area (Å²) in [7, 11) is -1.68. The van der Waals surface area contributed by atoms with Crippen LogP contribution in [-0.2, 0) is 10.2 Å². The van der Waals surface area contributed by atoms with Crippen molar-refractivity contribution < 1.29 is 13.5 Å². The van der Waals surface area contributed by atoms with Crippen molar-refractivity contribution in [2.45, 2.75) is 38.7 Å². The number of aliphatic hydroxyl groups excluding tert-OH is 1. The van der Waals surface area contributed by atoms with Gasteiger partial charge in [-0.2, -0.15) is 17.0 Å². The van der Waals surface area contributed by atoms with Gasteiger partial charge < -0.3 is 5.11 Å². The Hall–Kier alpha value is -0.170. The van der Waals surface area contributed by atoms with Crippen LogP contribution in [0.25, 0.3) is 0 Å². The van der Waals surface area contributed by atoms with Crippen molar-refractivity contribution in [3.63, 3.8) is 0 Å². The smallest absolute Gasteiger partial charge is 0.281 e. The average Bonchev–Trinajstić information content (AvgIpc) is 2.26. The summed E-state index contributed by atoms with van der Waals surface area (Å²) in [5.41, 5.74) is 0. The Morgan fingerprint density at radius 3 is 2.44 bits per heavy atom. The van der Waals surface area contributed by atoms with Crippen LogP contribution in [0, 0.1) is 0 Å². The molecule has 0 bridgehead atoms. The number of hydrogen-bond acceptors (Lipinski definition) is 3. The Bertz CT molecular complexity index is 297. The van der Waals surface area contributed by atoms with Crippen molar-refractivity contribution in [3.05, 3.63) is 0 Å². The van der Waals surface area contributed by atoms with Gasteiger partial charge in [0.05, 0.1) is 6.10 Å². The highest BCUT2D eigenvalue weighted by Crippen LogP contribution is 2.16. The number of rotatable bonds is 5. The first-order chi connectivity index (χ1) is 7.48. The zero-order chi connectivity index (χ0) is 12.2. The lowest BCUT2D eigenvalue weighted by Crippen LogP contribution is -2.46. The molecule has 0 atom stereocenters. The molecule has 1 heterocycles. The average molecular weight is 250 g/mol. The molecule has 96 valence electrons. The summed E-state index contributed by atoms with van der Waals surface area (Å²) in [5.74, 6) is 0. The normalized spacial score (nSPS) is 20.5. The number of piperidine rings is 1.